The predicted octanol–water partition coefficient (Wildman–Crippen LogP) is -4.22. The van der Waals surface area contributed by atoms with Crippen LogP contribution in [0.15, 0.2) is 12.7 Å². The quantitative estimate of drug-likeness (QED) is 0.196. The summed E-state index contributed by atoms with van der Waals surface area (Å²) in [6.07, 6.45) is -0.0118. The van der Waals surface area contributed by atoms with Crippen molar-refractivity contribution in [3.05, 3.63) is 12.7 Å². The van der Waals surface area contributed by atoms with Crippen molar-refractivity contribution in [1.82, 2.24) is 0 Å². The minimum atomic E-state index is -1.36. The number of carboxylic acids is 1. The van der Waals surface area contributed by atoms with Crippen molar-refractivity contribution in [2.75, 3.05) is 0 Å². The van der Waals surface area contributed by atoms with Gasteiger partial charge in [0.05, 0.1) is 6.42 Å². The SMILES string of the molecule is C=CC(=O)OC(=O)CCC(=O)[O-].[Na+]. The average molecular weight is 194 g/mol. The monoisotopic (exact) mass is 194 g/mol. The van der Waals surface area contributed by atoms with Gasteiger partial charge in [0.1, 0.15) is 0 Å². The number of rotatable bonds is 4. The minimum absolute atomic E-state index is 0. The van der Waals surface area contributed by atoms with Crippen LogP contribution in [0.25, 0.3) is 0 Å². The molecule has 0 radical (unpaired) electrons. The number of ether oxygens (including phenoxy) is 1. The fourth-order valence-corrected chi connectivity index (χ4v) is 0.409. The van der Waals surface area contributed by atoms with Crippen LogP contribution in [0.1, 0.15) is 12.8 Å². The summed E-state index contributed by atoms with van der Waals surface area (Å²) in [5.74, 6) is -3.15. The standard InChI is InChI=1S/C7H8O5.Na/c1-2-6(10)12-7(11)4-3-5(8)9;/h2H,1,3-4H2,(H,8,9);/q;+1/p-1. The van der Waals surface area contributed by atoms with Gasteiger partial charge < -0.3 is 14.6 Å². The molecule has 0 amide bonds. The molecule has 0 N–H and O–H groups in total. The Morgan fingerprint density at radius 2 is 1.85 bits per heavy atom. The molecule has 0 aromatic heterocycles. The Hall–Kier alpha value is -0.650. The predicted molar refractivity (Wildman–Crippen MR) is 35.5 cm³/mol. The first-order chi connectivity index (χ1) is 5.56. The van der Waals surface area contributed by atoms with Gasteiger partial charge >= 0.3 is 41.5 Å². The summed E-state index contributed by atoms with van der Waals surface area (Å²) in [5, 5.41) is 9.84. The molecule has 0 bridgehead atoms. The Morgan fingerprint density at radius 3 is 2.23 bits per heavy atom. The number of carbonyl (C=O) groups excluding carboxylic acids is 3. The molecule has 0 fully saturated rings. The first-order valence-electron chi connectivity index (χ1n) is 3.13. The van der Waals surface area contributed by atoms with Gasteiger partial charge in [-0.25, -0.2) is 4.79 Å². The third kappa shape index (κ3) is 9.26. The van der Waals surface area contributed by atoms with E-state index in [0.29, 0.717) is 0 Å². The van der Waals surface area contributed by atoms with E-state index in [1.54, 1.807) is 0 Å². The molecule has 0 saturated carbocycles. The van der Waals surface area contributed by atoms with Crippen molar-refractivity contribution >= 4 is 17.9 Å². The van der Waals surface area contributed by atoms with Gasteiger partial charge in [-0.3, -0.25) is 4.79 Å². The van der Waals surface area contributed by atoms with Crippen molar-refractivity contribution in [2.24, 2.45) is 0 Å². The largest absolute Gasteiger partial charge is 1.00 e. The molecule has 0 aliphatic heterocycles. The Balaban J connectivity index is 0. The van der Waals surface area contributed by atoms with Crippen molar-refractivity contribution in [1.29, 1.82) is 0 Å². The summed E-state index contributed by atoms with van der Waals surface area (Å²) in [4.78, 5) is 30.7. The average Bonchev–Trinajstić information content (AvgIpc) is 2.00. The zero-order valence-corrected chi connectivity index (χ0v) is 9.24. The number of hydrogen-bond acceptors (Lipinski definition) is 5. The molecule has 0 aliphatic rings. The second-order valence-electron chi connectivity index (χ2n) is 1.87. The van der Waals surface area contributed by atoms with Gasteiger partial charge in [0.15, 0.2) is 0 Å². The zero-order valence-electron chi connectivity index (χ0n) is 7.24. The molecule has 0 unspecified atom stereocenters. The van der Waals surface area contributed by atoms with Gasteiger partial charge in [0.2, 0.25) is 0 Å². The van der Waals surface area contributed by atoms with Crippen molar-refractivity contribution in [3.63, 3.8) is 0 Å². The van der Waals surface area contributed by atoms with Gasteiger partial charge in [0.25, 0.3) is 0 Å². The van der Waals surface area contributed by atoms with E-state index in [4.69, 9.17) is 0 Å². The molecule has 13 heavy (non-hydrogen) atoms. The molecule has 0 spiro atoms. The maximum Gasteiger partial charge on any atom is 1.00 e. The minimum Gasteiger partial charge on any atom is -0.550 e. The third-order valence-corrected chi connectivity index (χ3v) is 0.914. The van der Waals surface area contributed by atoms with Crippen LogP contribution in [0.5, 0.6) is 0 Å². The summed E-state index contributed by atoms with van der Waals surface area (Å²) in [6, 6.07) is 0. The summed E-state index contributed by atoms with van der Waals surface area (Å²) in [7, 11) is 0. The first kappa shape index (κ1) is 14.9. The van der Waals surface area contributed by atoms with E-state index >= 15 is 0 Å². The Morgan fingerprint density at radius 1 is 1.31 bits per heavy atom. The number of carboxylic acid groups (broad SMARTS) is 1. The van der Waals surface area contributed by atoms with E-state index in [0.717, 1.165) is 6.08 Å². The first-order valence-corrected chi connectivity index (χ1v) is 3.13. The Bertz CT molecular complexity index is 223. The van der Waals surface area contributed by atoms with Crippen LogP contribution in [0.4, 0.5) is 0 Å². The van der Waals surface area contributed by atoms with Gasteiger partial charge in [0, 0.05) is 12.0 Å². The number of esters is 2. The van der Waals surface area contributed by atoms with E-state index in [1.165, 1.54) is 0 Å². The molecular weight excluding hydrogens is 187 g/mol. The van der Waals surface area contributed by atoms with Crippen LogP contribution in [-0.2, 0) is 19.1 Å². The molecule has 0 heterocycles. The van der Waals surface area contributed by atoms with E-state index in [2.05, 4.69) is 11.3 Å². The molecule has 0 atom stereocenters. The van der Waals surface area contributed by atoms with Crippen LogP contribution >= 0.6 is 0 Å². The molecular formula is C7H7NaO5. The number of aliphatic carboxylic acids is 1. The van der Waals surface area contributed by atoms with Gasteiger partial charge in [-0.2, -0.15) is 0 Å². The van der Waals surface area contributed by atoms with E-state index in [9.17, 15) is 19.5 Å². The fourth-order valence-electron chi connectivity index (χ4n) is 0.409. The Labute approximate surface area is 97.0 Å². The third-order valence-electron chi connectivity index (χ3n) is 0.914. The number of hydrogen-bond donors (Lipinski definition) is 0. The van der Waals surface area contributed by atoms with E-state index in [-0.39, 0.29) is 36.0 Å². The molecule has 0 saturated heterocycles. The molecule has 0 aromatic rings. The second kappa shape index (κ2) is 7.97. The van der Waals surface area contributed by atoms with Crippen LogP contribution in [-0.4, -0.2) is 17.9 Å². The van der Waals surface area contributed by atoms with Gasteiger partial charge in [-0.05, 0) is 6.42 Å². The van der Waals surface area contributed by atoms with Crippen LogP contribution < -0.4 is 34.7 Å². The smallest absolute Gasteiger partial charge is 0.550 e. The maximum atomic E-state index is 10.5. The second-order valence-corrected chi connectivity index (χ2v) is 1.87. The fraction of sp³-hybridized carbons (Fsp3) is 0.286. The molecule has 66 valence electrons. The Kier molecular flexibility index (Phi) is 9.11. The molecule has 5 nitrogen and oxygen atoms in total. The molecule has 0 aliphatic carbocycles. The molecule has 6 heteroatoms. The van der Waals surface area contributed by atoms with Crippen LogP contribution in [0, 0.1) is 0 Å². The van der Waals surface area contributed by atoms with Crippen molar-refractivity contribution in [2.45, 2.75) is 12.8 Å². The van der Waals surface area contributed by atoms with E-state index < -0.39 is 24.3 Å². The summed E-state index contributed by atoms with van der Waals surface area (Å²) >= 11 is 0. The molecule has 0 rings (SSSR count). The van der Waals surface area contributed by atoms with E-state index in [1.807, 2.05) is 0 Å². The number of carbonyl (C=O) groups is 3. The normalized spacial score (nSPS) is 8.00. The summed E-state index contributed by atoms with van der Waals surface area (Å²) < 4.78 is 4.06. The van der Waals surface area contributed by atoms with Crippen LogP contribution in [0.2, 0.25) is 0 Å². The van der Waals surface area contributed by atoms with Gasteiger partial charge in [-0.15, -0.1) is 0 Å². The van der Waals surface area contributed by atoms with Crippen LogP contribution in [0.3, 0.4) is 0 Å². The van der Waals surface area contributed by atoms with Crippen molar-refractivity contribution in [3.8, 4) is 0 Å². The zero-order chi connectivity index (χ0) is 9.56. The van der Waals surface area contributed by atoms with Gasteiger partial charge in [-0.1, -0.05) is 6.58 Å². The summed E-state index contributed by atoms with van der Waals surface area (Å²) in [5.41, 5.74) is 0. The molecule has 0 aromatic carbocycles. The van der Waals surface area contributed by atoms with Crippen molar-refractivity contribution < 1.29 is 53.8 Å². The summed E-state index contributed by atoms with van der Waals surface area (Å²) in [6.45, 7) is 3.05. The maximum absolute atomic E-state index is 10.5. The topological polar surface area (TPSA) is 83.5 Å².